The maximum atomic E-state index is 12.0. The first-order chi connectivity index (χ1) is 10.2. The van der Waals surface area contributed by atoms with Crippen LogP contribution in [0.4, 0.5) is 0 Å². The first kappa shape index (κ1) is 14.5. The fourth-order valence-corrected chi connectivity index (χ4v) is 2.64. The summed E-state index contributed by atoms with van der Waals surface area (Å²) in [5.74, 6) is -0.0515. The van der Waals surface area contributed by atoms with Gasteiger partial charge in [0.05, 0.1) is 6.61 Å². The van der Waals surface area contributed by atoms with Gasteiger partial charge in [0.25, 0.3) is 0 Å². The van der Waals surface area contributed by atoms with E-state index in [0.29, 0.717) is 12.6 Å². The van der Waals surface area contributed by atoms with E-state index in [2.05, 4.69) is 5.32 Å². The zero-order valence-corrected chi connectivity index (χ0v) is 12.3. The van der Waals surface area contributed by atoms with Crippen LogP contribution in [0, 0.1) is 5.92 Å². The van der Waals surface area contributed by atoms with Crippen molar-refractivity contribution in [1.29, 1.82) is 0 Å². The maximum absolute atomic E-state index is 12.0. The van der Waals surface area contributed by atoms with Crippen molar-refractivity contribution in [2.24, 2.45) is 5.92 Å². The van der Waals surface area contributed by atoms with E-state index >= 15 is 0 Å². The molecular weight excluding hydrogens is 266 g/mol. The summed E-state index contributed by atoms with van der Waals surface area (Å²) in [4.78, 5) is 12.0. The highest BCUT2D eigenvalue weighted by molar-refractivity contribution is 5.81. The lowest BCUT2D eigenvalue weighted by atomic mass is 9.90. The van der Waals surface area contributed by atoms with E-state index in [1.807, 2.05) is 30.3 Å². The first-order valence-corrected chi connectivity index (χ1v) is 7.85. The predicted molar refractivity (Wildman–Crippen MR) is 80.1 cm³/mol. The molecule has 21 heavy (non-hydrogen) atoms. The molecule has 1 aromatic carbocycles. The van der Waals surface area contributed by atoms with Crippen LogP contribution in [0.25, 0.3) is 0 Å². The lowest BCUT2D eigenvalue weighted by Crippen LogP contribution is -2.53. The third-order valence-electron chi connectivity index (χ3n) is 4.35. The van der Waals surface area contributed by atoms with Gasteiger partial charge in [-0.05, 0) is 30.7 Å². The molecule has 0 radical (unpaired) electrons. The van der Waals surface area contributed by atoms with Crippen LogP contribution < -0.4 is 5.32 Å². The molecule has 0 bridgehead atoms. The first-order valence-electron chi connectivity index (χ1n) is 7.85. The highest BCUT2D eigenvalue weighted by Gasteiger charge is 2.44. The van der Waals surface area contributed by atoms with E-state index in [9.17, 15) is 9.90 Å². The van der Waals surface area contributed by atoms with Gasteiger partial charge in [-0.2, -0.15) is 0 Å². The molecule has 1 atom stereocenters. The predicted octanol–water partition coefficient (Wildman–Crippen LogP) is 2.54. The Bertz CT molecular complexity index is 482. The molecule has 114 valence electrons. The van der Waals surface area contributed by atoms with E-state index in [-0.39, 0.29) is 6.61 Å². The molecule has 2 fully saturated rings. The summed E-state index contributed by atoms with van der Waals surface area (Å²) < 4.78 is 5.75. The van der Waals surface area contributed by atoms with Crippen LogP contribution in [-0.2, 0) is 15.1 Å². The van der Waals surface area contributed by atoms with Crippen molar-refractivity contribution >= 4 is 5.97 Å². The van der Waals surface area contributed by atoms with Crippen molar-refractivity contribution in [3.8, 4) is 0 Å². The zero-order chi connectivity index (χ0) is 14.7. The van der Waals surface area contributed by atoms with Crippen LogP contribution in [-0.4, -0.2) is 30.3 Å². The Morgan fingerprint density at radius 2 is 1.95 bits per heavy atom. The van der Waals surface area contributed by atoms with Gasteiger partial charge >= 0.3 is 5.97 Å². The molecular formula is C17H23NO3. The van der Waals surface area contributed by atoms with E-state index in [0.717, 1.165) is 30.7 Å². The SMILES string of the molecule is O=C(O)C(COCCC1CC1)(NC1CC1)c1ccccc1. The van der Waals surface area contributed by atoms with Crippen LogP contribution in [0.5, 0.6) is 0 Å². The van der Waals surface area contributed by atoms with Crippen molar-refractivity contribution in [2.75, 3.05) is 13.2 Å². The Kier molecular flexibility index (Phi) is 4.27. The summed E-state index contributed by atoms with van der Waals surface area (Å²) in [6, 6.07) is 9.70. The monoisotopic (exact) mass is 289 g/mol. The lowest BCUT2D eigenvalue weighted by Gasteiger charge is -2.31. The average molecular weight is 289 g/mol. The van der Waals surface area contributed by atoms with Crippen molar-refractivity contribution in [3.63, 3.8) is 0 Å². The largest absolute Gasteiger partial charge is 0.480 e. The Morgan fingerprint density at radius 3 is 2.52 bits per heavy atom. The van der Waals surface area contributed by atoms with Gasteiger partial charge < -0.3 is 9.84 Å². The van der Waals surface area contributed by atoms with Gasteiger partial charge in [0.1, 0.15) is 0 Å². The third-order valence-corrected chi connectivity index (χ3v) is 4.35. The minimum Gasteiger partial charge on any atom is -0.480 e. The molecule has 0 amide bonds. The standard InChI is InChI=1S/C17H23NO3/c19-16(20)17(18-15-8-9-15,14-4-2-1-3-5-14)12-21-11-10-13-6-7-13/h1-5,13,15,18H,6-12H2,(H,19,20). The van der Waals surface area contributed by atoms with E-state index < -0.39 is 11.5 Å². The van der Waals surface area contributed by atoms with E-state index in [1.165, 1.54) is 12.8 Å². The average Bonchev–Trinajstić information content (AvgIpc) is 3.37. The molecule has 2 aliphatic carbocycles. The van der Waals surface area contributed by atoms with Gasteiger partial charge in [0.2, 0.25) is 0 Å². The molecule has 0 heterocycles. The molecule has 2 N–H and O–H groups in total. The minimum absolute atomic E-state index is 0.190. The van der Waals surface area contributed by atoms with E-state index in [4.69, 9.17) is 4.74 Å². The van der Waals surface area contributed by atoms with Gasteiger partial charge in [-0.3, -0.25) is 5.32 Å². The maximum Gasteiger partial charge on any atom is 0.331 e. The number of carbonyl (C=O) groups is 1. The fourth-order valence-electron chi connectivity index (χ4n) is 2.64. The number of benzene rings is 1. The second-order valence-corrected chi connectivity index (χ2v) is 6.28. The summed E-state index contributed by atoms with van der Waals surface area (Å²) in [5, 5.41) is 13.1. The summed E-state index contributed by atoms with van der Waals surface area (Å²) in [5.41, 5.74) is -0.345. The van der Waals surface area contributed by atoms with Crippen molar-refractivity contribution in [3.05, 3.63) is 35.9 Å². The Labute approximate surface area is 125 Å². The van der Waals surface area contributed by atoms with Crippen molar-refractivity contribution < 1.29 is 14.6 Å². The minimum atomic E-state index is -1.12. The molecule has 0 saturated heterocycles. The number of nitrogens with one attached hydrogen (secondary N) is 1. The Balaban J connectivity index is 1.72. The van der Waals surface area contributed by atoms with Crippen LogP contribution >= 0.6 is 0 Å². The molecule has 1 unspecified atom stereocenters. The number of aliphatic carboxylic acids is 1. The van der Waals surface area contributed by atoms with E-state index in [1.54, 1.807) is 0 Å². The number of ether oxygens (including phenoxy) is 1. The number of carboxylic acids is 1. The van der Waals surface area contributed by atoms with Gasteiger partial charge in [0.15, 0.2) is 5.54 Å². The zero-order valence-electron chi connectivity index (χ0n) is 12.3. The Morgan fingerprint density at radius 1 is 1.24 bits per heavy atom. The molecule has 3 rings (SSSR count). The van der Waals surface area contributed by atoms with Crippen LogP contribution in [0.3, 0.4) is 0 Å². The number of hydrogen-bond acceptors (Lipinski definition) is 3. The topological polar surface area (TPSA) is 58.6 Å². The highest BCUT2D eigenvalue weighted by atomic mass is 16.5. The van der Waals surface area contributed by atoms with Crippen molar-refractivity contribution in [2.45, 2.75) is 43.7 Å². The smallest absolute Gasteiger partial charge is 0.331 e. The number of hydrogen-bond donors (Lipinski definition) is 2. The van der Waals surface area contributed by atoms with Gasteiger partial charge in [0, 0.05) is 12.6 Å². The molecule has 0 aromatic heterocycles. The van der Waals surface area contributed by atoms with Crippen molar-refractivity contribution in [1.82, 2.24) is 5.32 Å². The van der Waals surface area contributed by atoms with Crippen LogP contribution in [0.1, 0.15) is 37.7 Å². The summed E-state index contributed by atoms with van der Waals surface area (Å²) in [6.45, 7) is 0.842. The molecule has 1 aromatic rings. The molecule has 4 heteroatoms. The normalized spacial score (nSPS) is 21.0. The number of rotatable bonds is 9. The number of carboxylic acid groups (broad SMARTS) is 1. The highest BCUT2D eigenvalue weighted by Crippen LogP contribution is 2.33. The second kappa shape index (κ2) is 6.16. The molecule has 0 spiro atoms. The summed E-state index contributed by atoms with van der Waals surface area (Å²) in [7, 11) is 0. The molecule has 0 aliphatic heterocycles. The van der Waals surface area contributed by atoms with Gasteiger partial charge in [-0.15, -0.1) is 0 Å². The summed E-state index contributed by atoms with van der Waals surface area (Å²) >= 11 is 0. The van der Waals surface area contributed by atoms with Crippen LogP contribution in [0.15, 0.2) is 30.3 Å². The van der Waals surface area contributed by atoms with Gasteiger partial charge in [-0.25, -0.2) is 4.79 Å². The third kappa shape index (κ3) is 3.63. The molecule has 2 aliphatic rings. The quantitative estimate of drug-likeness (QED) is 0.686. The van der Waals surface area contributed by atoms with Crippen LogP contribution in [0.2, 0.25) is 0 Å². The molecule has 2 saturated carbocycles. The van der Waals surface area contributed by atoms with Gasteiger partial charge in [-0.1, -0.05) is 43.2 Å². The Hall–Kier alpha value is -1.39. The second-order valence-electron chi connectivity index (χ2n) is 6.28. The summed E-state index contributed by atoms with van der Waals surface area (Å²) in [6.07, 6.45) is 5.74. The lowest BCUT2D eigenvalue weighted by molar-refractivity contribution is -0.148. The fraction of sp³-hybridized carbons (Fsp3) is 0.588. The molecule has 4 nitrogen and oxygen atoms in total.